The van der Waals surface area contributed by atoms with E-state index in [-0.39, 0.29) is 24.0 Å². The molecule has 0 saturated heterocycles. The summed E-state index contributed by atoms with van der Waals surface area (Å²) in [7, 11) is 0. The number of aryl methyl sites for hydroxylation is 1. The zero-order valence-electron chi connectivity index (χ0n) is 14.9. The molecule has 0 amide bonds. The number of nitrogens with one attached hydrogen (secondary N) is 2. The van der Waals surface area contributed by atoms with Crippen LogP contribution in [0.3, 0.4) is 0 Å². The summed E-state index contributed by atoms with van der Waals surface area (Å²) < 4.78 is 2.18. The van der Waals surface area contributed by atoms with Crippen molar-refractivity contribution in [2.24, 2.45) is 4.99 Å². The highest BCUT2D eigenvalue weighted by atomic mass is 127. The summed E-state index contributed by atoms with van der Waals surface area (Å²) >= 11 is 1.69. The molecule has 2 N–H and O–H groups in total. The van der Waals surface area contributed by atoms with E-state index >= 15 is 0 Å². The first-order valence-corrected chi connectivity index (χ1v) is 9.42. The van der Waals surface area contributed by atoms with Crippen molar-refractivity contribution >= 4 is 41.3 Å². The maximum atomic E-state index is 4.65. The number of guanidine groups is 1. The van der Waals surface area contributed by atoms with Gasteiger partial charge in [0, 0.05) is 24.9 Å². The molecule has 0 fully saturated rings. The molecule has 9 heteroatoms. The molecule has 1 aliphatic heterocycles. The van der Waals surface area contributed by atoms with Crippen LogP contribution in [-0.4, -0.2) is 32.3 Å². The molecule has 138 valence electrons. The number of aromatic nitrogens is 4. The number of hydrogen-bond acceptors (Lipinski definition) is 5. The highest BCUT2D eigenvalue weighted by Gasteiger charge is 2.16. The third-order valence-electron chi connectivity index (χ3n) is 3.98. The van der Waals surface area contributed by atoms with E-state index in [1.807, 2.05) is 0 Å². The largest absolute Gasteiger partial charge is 0.357 e. The van der Waals surface area contributed by atoms with Crippen molar-refractivity contribution < 1.29 is 0 Å². The van der Waals surface area contributed by atoms with Gasteiger partial charge in [0.05, 0.1) is 12.2 Å². The van der Waals surface area contributed by atoms with Crippen LogP contribution in [0.25, 0.3) is 0 Å². The fourth-order valence-electron chi connectivity index (χ4n) is 2.65. The standard InChI is InChI=1S/C16H25N7S.HI/c1-4-17-16(19-9-15-20-12(10-24-15)11(2)3)18-8-14-22-21-13-6-5-7-23(13)14;/h10-11H,4-9H2,1-3H3,(H2,17,18,19);1H. The Bertz CT molecular complexity index is 707. The summed E-state index contributed by atoms with van der Waals surface area (Å²) in [5.74, 6) is 3.28. The highest BCUT2D eigenvalue weighted by Crippen LogP contribution is 2.17. The molecule has 3 heterocycles. The Balaban J connectivity index is 0.00000225. The van der Waals surface area contributed by atoms with Crippen LogP contribution in [0.2, 0.25) is 0 Å². The number of rotatable bonds is 6. The van der Waals surface area contributed by atoms with Crippen molar-refractivity contribution in [1.29, 1.82) is 0 Å². The monoisotopic (exact) mass is 475 g/mol. The smallest absolute Gasteiger partial charge is 0.192 e. The normalized spacial score (nSPS) is 13.7. The van der Waals surface area contributed by atoms with E-state index in [0.29, 0.717) is 19.0 Å². The predicted octanol–water partition coefficient (Wildman–Crippen LogP) is 2.68. The number of hydrogen-bond donors (Lipinski definition) is 2. The van der Waals surface area contributed by atoms with Gasteiger partial charge in [0.1, 0.15) is 17.4 Å². The molecule has 0 spiro atoms. The second kappa shape index (κ2) is 9.46. The first-order valence-electron chi connectivity index (χ1n) is 8.54. The van der Waals surface area contributed by atoms with Gasteiger partial charge in [-0.3, -0.25) is 0 Å². The molecular weight excluding hydrogens is 449 g/mol. The Kier molecular flexibility index (Phi) is 7.60. The number of fused-ring (bicyclic) bond motifs is 1. The molecular formula is C16H26IN7S. The Labute approximate surface area is 169 Å². The summed E-state index contributed by atoms with van der Waals surface area (Å²) in [4.78, 5) is 9.28. The Morgan fingerprint density at radius 1 is 1.36 bits per heavy atom. The van der Waals surface area contributed by atoms with E-state index in [4.69, 9.17) is 0 Å². The molecule has 0 atom stereocenters. The third-order valence-corrected chi connectivity index (χ3v) is 4.84. The molecule has 2 aromatic heterocycles. The van der Waals surface area contributed by atoms with Crippen LogP contribution in [0.15, 0.2) is 10.4 Å². The van der Waals surface area contributed by atoms with E-state index in [9.17, 15) is 0 Å². The molecule has 0 saturated carbocycles. The van der Waals surface area contributed by atoms with Crippen molar-refractivity contribution in [1.82, 2.24) is 30.4 Å². The van der Waals surface area contributed by atoms with Gasteiger partial charge in [0.25, 0.3) is 0 Å². The minimum atomic E-state index is 0. The van der Waals surface area contributed by atoms with Crippen LogP contribution in [0.5, 0.6) is 0 Å². The van der Waals surface area contributed by atoms with E-state index in [0.717, 1.165) is 54.2 Å². The first-order chi connectivity index (χ1) is 11.7. The molecule has 7 nitrogen and oxygen atoms in total. The maximum absolute atomic E-state index is 4.65. The summed E-state index contributed by atoms with van der Waals surface area (Å²) in [6, 6.07) is 0. The minimum absolute atomic E-state index is 0. The molecule has 0 radical (unpaired) electrons. The zero-order valence-corrected chi connectivity index (χ0v) is 18.1. The van der Waals surface area contributed by atoms with E-state index in [2.05, 4.69) is 61.5 Å². The SMILES string of the molecule is CCNC(=NCc1nnc2n1CCC2)NCc1nc(C(C)C)cs1.I. The summed E-state index contributed by atoms with van der Waals surface area (Å²) in [6.07, 6.45) is 2.18. The van der Waals surface area contributed by atoms with Gasteiger partial charge in [-0.15, -0.1) is 45.5 Å². The molecule has 1 aliphatic rings. The Morgan fingerprint density at radius 3 is 2.92 bits per heavy atom. The van der Waals surface area contributed by atoms with Crippen molar-refractivity contribution in [2.75, 3.05) is 6.54 Å². The Morgan fingerprint density at radius 2 is 2.20 bits per heavy atom. The molecule has 3 rings (SSSR count). The van der Waals surface area contributed by atoms with Gasteiger partial charge in [-0.2, -0.15) is 0 Å². The van der Waals surface area contributed by atoms with Crippen molar-refractivity contribution in [3.63, 3.8) is 0 Å². The second-order valence-corrected chi connectivity index (χ2v) is 7.10. The van der Waals surface area contributed by atoms with Gasteiger partial charge in [-0.25, -0.2) is 9.98 Å². The van der Waals surface area contributed by atoms with Crippen LogP contribution >= 0.6 is 35.3 Å². The number of halogens is 1. The van der Waals surface area contributed by atoms with Gasteiger partial charge < -0.3 is 15.2 Å². The first kappa shape index (κ1) is 20.1. The van der Waals surface area contributed by atoms with Crippen molar-refractivity contribution in [2.45, 2.75) is 59.2 Å². The van der Waals surface area contributed by atoms with Crippen molar-refractivity contribution in [3.8, 4) is 0 Å². The molecule has 0 bridgehead atoms. The van der Waals surface area contributed by atoms with Gasteiger partial charge in [-0.05, 0) is 19.3 Å². The summed E-state index contributed by atoms with van der Waals surface area (Å²) in [5, 5.41) is 18.3. The fourth-order valence-corrected chi connectivity index (χ4v) is 3.55. The maximum Gasteiger partial charge on any atom is 0.192 e. The van der Waals surface area contributed by atoms with E-state index < -0.39 is 0 Å². The van der Waals surface area contributed by atoms with Gasteiger partial charge in [-0.1, -0.05) is 13.8 Å². The molecule has 25 heavy (non-hydrogen) atoms. The lowest BCUT2D eigenvalue weighted by Gasteiger charge is -2.10. The van der Waals surface area contributed by atoms with Crippen LogP contribution in [0.1, 0.15) is 55.5 Å². The Hall–Kier alpha value is -1.23. The molecule has 0 aromatic carbocycles. The van der Waals surface area contributed by atoms with E-state index in [1.54, 1.807) is 11.3 Å². The summed E-state index contributed by atoms with van der Waals surface area (Å²) in [6.45, 7) is 9.43. The minimum Gasteiger partial charge on any atom is -0.357 e. The quantitative estimate of drug-likeness (QED) is 0.382. The average molecular weight is 475 g/mol. The van der Waals surface area contributed by atoms with Gasteiger partial charge in [0.2, 0.25) is 0 Å². The predicted molar refractivity (Wildman–Crippen MR) is 112 cm³/mol. The third kappa shape index (κ3) is 5.13. The number of thiazole rings is 1. The van der Waals surface area contributed by atoms with Gasteiger partial charge >= 0.3 is 0 Å². The van der Waals surface area contributed by atoms with Crippen molar-refractivity contribution in [3.05, 3.63) is 27.7 Å². The average Bonchev–Trinajstić information content (AvgIpc) is 3.26. The van der Waals surface area contributed by atoms with Crippen LogP contribution in [-0.2, 0) is 26.1 Å². The van der Waals surface area contributed by atoms with Crippen LogP contribution < -0.4 is 10.6 Å². The lowest BCUT2D eigenvalue weighted by molar-refractivity contribution is 0.684. The molecule has 0 aliphatic carbocycles. The topological polar surface area (TPSA) is 80.0 Å². The number of nitrogens with zero attached hydrogens (tertiary/aromatic N) is 5. The van der Waals surface area contributed by atoms with Crippen LogP contribution in [0, 0.1) is 0 Å². The van der Waals surface area contributed by atoms with Gasteiger partial charge in [0.15, 0.2) is 11.8 Å². The fraction of sp³-hybridized carbons (Fsp3) is 0.625. The van der Waals surface area contributed by atoms with Crippen LogP contribution in [0.4, 0.5) is 0 Å². The lowest BCUT2D eigenvalue weighted by Crippen LogP contribution is -2.36. The number of aliphatic imine (C=N–C) groups is 1. The molecule has 2 aromatic rings. The lowest BCUT2D eigenvalue weighted by atomic mass is 10.2. The zero-order chi connectivity index (χ0) is 16.9. The summed E-state index contributed by atoms with van der Waals surface area (Å²) in [5.41, 5.74) is 1.15. The van der Waals surface area contributed by atoms with E-state index in [1.165, 1.54) is 0 Å². The molecule has 0 unspecified atom stereocenters. The second-order valence-electron chi connectivity index (χ2n) is 6.16. The highest BCUT2D eigenvalue weighted by molar-refractivity contribution is 14.0.